The Bertz CT molecular complexity index is 615. The second-order valence-electron chi connectivity index (χ2n) is 6.49. The minimum atomic E-state index is -3.44. The molecule has 0 saturated carbocycles. The van der Waals surface area contributed by atoms with E-state index in [0.717, 1.165) is 51.1 Å². The van der Waals surface area contributed by atoms with E-state index in [-0.39, 0.29) is 5.75 Å². The number of morpholine rings is 1. The van der Waals surface area contributed by atoms with Gasteiger partial charge in [-0.2, -0.15) is 0 Å². The number of hydrogen-bond acceptors (Lipinski definition) is 5. The summed E-state index contributed by atoms with van der Waals surface area (Å²) in [6.07, 6.45) is 1.98. The van der Waals surface area contributed by atoms with Crippen molar-refractivity contribution in [2.24, 2.45) is 5.92 Å². The molecule has 1 fully saturated rings. The first kappa shape index (κ1) is 20.0. The Morgan fingerprint density at radius 2 is 1.92 bits per heavy atom. The normalized spacial score (nSPS) is 17.5. The topological polar surface area (TPSA) is 66.9 Å². The third kappa shape index (κ3) is 6.86. The molecule has 1 aliphatic heterocycles. The smallest absolute Gasteiger partial charge is 0.214 e. The quantitative estimate of drug-likeness (QED) is 0.577. The van der Waals surface area contributed by atoms with Crippen LogP contribution in [0.3, 0.4) is 0 Å². The van der Waals surface area contributed by atoms with E-state index in [2.05, 4.69) is 4.90 Å². The predicted octanol–water partition coefficient (Wildman–Crippen LogP) is 1.03. The first-order valence-electron chi connectivity index (χ1n) is 8.74. The van der Waals surface area contributed by atoms with Crippen molar-refractivity contribution in [3.63, 3.8) is 0 Å². The van der Waals surface area contributed by atoms with Gasteiger partial charge in [-0.1, -0.05) is 30.3 Å². The number of carbonyl (C=O) groups excluding carboxylic acids is 1. The second kappa shape index (κ2) is 10.0. The number of benzene rings is 1. The van der Waals surface area contributed by atoms with Gasteiger partial charge in [-0.05, 0) is 24.9 Å². The van der Waals surface area contributed by atoms with Crippen LogP contribution in [0.5, 0.6) is 0 Å². The Morgan fingerprint density at radius 1 is 1.24 bits per heavy atom. The summed E-state index contributed by atoms with van der Waals surface area (Å²) in [7, 11) is -1.84. The first-order valence-corrected chi connectivity index (χ1v) is 10.4. The van der Waals surface area contributed by atoms with Gasteiger partial charge in [-0.3, -0.25) is 4.90 Å². The fourth-order valence-corrected chi connectivity index (χ4v) is 4.34. The number of rotatable bonds is 10. The van der Waals surface area contributed by atoms with E-state index >= 15 is 0 Å². The monoisotopic (exact) mass is 368 g/mol. The highest BCUT2D eigenvalue weighted by atomic mass is 32.2. The summed E-state index contributed by atoms with van der Waals surface area (Å²) in [5, 5.41) is 0. The molecule has 0 unspecified atom stereocenters. The third-order valence-electron chi connectivity index (χ3n) is 4.48. The Kier molecular flexibility index (Phi) is 8.02. The summed E-state index contributed by atoms with van der Waals surface area (Å²) >= 11 is 0. The van der Waals surface area contributed by atoms with Gasteiger partial charge in [0.25, 0.3) is 0 Å². The average Bonchev–Trinajstić information content (AvgIpc) is 2.62. The molecule has 0 amide bonds. The van der Waals surface area contributed by atoms with E-state index in [4.69, 9.17) is 4.74 Å². The third-order valence-corrected chi connectivity index (χ3v) is 6.47. The van der Waals surface area contributed by atoms with Crippen molar-refractivity contribution in [1.29, 1.82) is 0 Å². The molecular formula is C18H28N2O4S. The molecule has 0 spiro atoms. The van der Waals surface area contributed by atoms with Gasteiger partial charge < -0.3 is 9.53 Å². The average molecular weight is 368 g/mol. The van der Waals surface area contributed by atoms with Gasteiger partial charge in [0.05, 0.1) is 19.0 Å². The second-order valence-corrected chi connectivity index (χ2v) is 8.61. The molecule has 0 aromatic heterocycles. The van der Waals surface area contributed by atoms with Crippen LogP contribution in [0.1, 0.15) is 12.0 Å². The molecular weight excluding hydrogens is 340 g/mol. The highest BCUT2D eigenvalue weighted by molar-refractivity contribution is 7.89. The number of aldehydes is 1. The zero-order chi connectivity index (χ0) is 18.1. The van der Waals surface area contributed by atoms with Crippen molar-refractivity contribution in [1.82, 2.24) is 9.21 Å². The van der Waals surface area contributed by atoms with Gasteiger partial charge in [0, 0.05) is 32.6 Å². The summed E-state index contributed by atoms with van der Waals surface area (Å²) in [6, 6.07) is 9.51. The van der Waals surface area contributed by atoms with Crippen molar-refractivity contribution in [2.45, 2.75) is 12.8 Å². The Labute approximate surface area is 150 Å². The molecule has 0 radical (unpaired) electrons. The highest BCUT2D eigenvalue weighted by Crippen LogP contribution is 2.12. The zero-order valence-corrected chi connectivity index (χ0v) is 15.7. The van der Waals surface area contributed by atoms with Crippen LogP contribution in [0.2, 0.25) is 0 Å². The van der Waals surface area contributed by atoms with E-state index in [1.807, 2.05) is 30.3 Å². The van der Waals surface area contributed by atoms with Gasteiger partial charge in [-0.15, -0.1) is 0 Å². The van der Waals surface area contributed by atoms with Crippen LogP contribution in [0, 0.1) is 5.92 Å². The summed E-state index contributed by atoms with van der Waals surface area (Å²) in [5.41, 5.74) is 0.977. The Hall–Kier alpha value is -1.28. The molecule has 1 aromatic rings. The van der Waals surface area contributed by atoms with Crippen LogP contribution in [0.4, 0.5) is 0 Å². The summed E-state index contributed by atoms with van der Waals surface area (Å²) in [6.45, 7) is 4.63. The molecule has 25 heavy (non-hydrogen) atoms. The van der Waals surface area contributed by atoms with Crippen LogP contribution >= 0.6 is 0 Å². The van der Waals surface area contributed by atoms with E-state index in [1.165, 1.54) is 4.31 Å². The number of hydrogen-bond donors (Lipinski definition) is 0. The van der Waals surface area contributed by atoms with Crippen LogP contribution in [-0.4, -0.2) is 76.1 Å². The van der Waals surface area contributed by atoms with Gasteiger partial charge >= 0.3 is 0 Å². The molecule has 2 rings (SSSR count). The number of carbonyl (C=O) groups is 1. The minimum absolute atomic E-state index is 0.139. The molecule has 7 heteroatoms. The highest BCUT2D eigenvalue weighted by Gasteiger charge is 2.23. The summed E-state index contributed by atoms with van der Waals surface area (Å²) in [4.78, 5) is 13.6. The lowest BCUT2D eigenvalue weighted by molar-refractivity contribution is -0.110. The summed E-state index contributed by atoms with van der Waals surface area (Å²) < 4.78 is 31.7. The molecule has 0 N–H and O–H groups in total. The lowest BCUT2D eigenvalue weighted by atomic mass is 10.0. The van der Waals surface area contributed by atoms with E-state index < -0.39 is 15.9 Å². The molecule has 1 heterocycles. The Balaban J connectivity index is 1.80. The largest absolute Gasteiger partial charge is 0.379 e. The predicted molar refractivity (Wildman–Crippen MR) is 98.0 cm³/mol. The molecule has 140 valence electrons. The molecule has 0 aliphatic carbocycles. The molecule has 1 aromatic carbocycles. The number of ether oxygens (including phenoxy) is 1. The molecule has 1 atom stereocenters. The lowest BCUT2D eigenvalue weighted by Gasteiger charge is -2.27. The van der Waals surface area contributed by atoms with Crippen molar-refractivity contribution in [3.05, 3.63) is 35.9 Å². The molecule has 1 aliphatic rings. The van der Waals surface area contributed by atoms with Crippen molar-refractivity contribution < 1.29 is 17.9 Å². The molecule has 1 saturated heterocycles. The number of sulfonamides is 1. The number of nitrogens with zero attached hydrogens (tertiary/aromatic N) is 2. The fourth-order valence-electron chi connectivity index (χ4n) is 2.94. The molecule has 0 bridgehead atoms. The van der Waals surface area contributed by atoms with Crippen molar-refractivity contribution >= 4 is 16.3 Å². The van der Waals surface area contributed by atoms with E-state index in [1.54, 1.807) is 7.05 Å². The fraction of sp³-hybridized carbons (Fsp3) is 0.611. The van der Waals surface area contributed by atoms with Gasteiger partial charge in [0.15, 0.2) is 0 Å². The summed E-state index contributed by atoms with van der Waals surface area (Å²) in [5.74, 6) is -0.659. The van der Waals surface area contributed by atoms with Gasteiger partial charge in [-0.25, -0.2) is 12.7 Å². The van der Waals surface area contributed by atoms with Crippen molar-refractivity contribution in [2.75, 3.05) is 52.2 Å². The van der Waals surface area contributed by atoms with Crippen LogP contribution in [0.25, 0.3) is 0 Å². The van der Waals surface area contributed by atoms with Gasteiger partial charge in [0.2, 0.25) is 10.0 Å². The van der Waals surface area contributed by atoms with Gasteiger partial charge in [0.1, 0.15) is 6.29 Å². The van der Waals surface area contributed by atoms with Crippen LogP contribution in [0.15, 0.2) is 30.3 Å². The van der Waals surface area contributed by atoms with Crippen LogP contribution < -0.4 is 0 Å². The lowest BCUT2D eigenvalue weighted by Crippen LogP contribution is -2.39. The minimum Gasteiger partial charge on any atom is -0.379 e. The van der Waals surface area contributed by atoms with Crippen molar-refractivity contribution in [3.8, 4) is 0 Å². The maximum absolute atomic E-state index is 12.5. The Morgan fingerprint density at radius 3 is 2.56 bits per heavy atom. The SMILES string of the molecule is CN(CCCN1CCOCC1)S(=O)(=O)C[C@H](C=O)Cc1ccccc1. The van der Waals surface area contributed by atoms with Crippen LogP contribution in [-0.2, 0) is 26.0 Å². The first-order chi connectivity index (χ1) is 12.0. The zero-order valence-electron chi connectivity index (χ0n) is 14.8. The van der Waals surface area contributed by atoms with E-state index in [0.29, 0.717) is 13.0 Å². The maximum atomic E-state index is 12.5. The maximum Gasteiger partial charge on any atom is 0.214 e. The standard InChI is InChI=1S/C18H28N2O4S/c1-19(8-5-9-20-10-12-24-13-11-20)25(22,23)16-18(15-21)14-17-6-3-2-4-7-17/h2-4,6-7,15,18H,5,8-14,16H2,1H3/t18-/m0/s1. The molecule has 6 nitrogen and oxygen atoms in total. The van der Waals surface area contributed by atoms with E-state index in [9.17, 15) is 13.2 Å².